The van der Waals surface area contributed by atoms with Crippen molar-refractivity contribution >= 4 is 12.0 Å². The van der Waals surface area contributed by atoms with Crippen molar-refractivity contribution in [2.24, 2.45) is 0 Å². The number of alkyl carbamates (subject to hydrolysis) is 1. The van der Waals surface area contributed by atoms with Crippen LogP contribution >= 0.6 is 0 Å². The fourth-order valence-electron chi connectivity index (χ4n) is 2.06. The molecule has 0 heterocycles. The number of hydrogen-bond acceptors (Lipinski definition) is 3. The molecule has 5 heteroatoms. The van der Waals surface area contributed by atoms with Crippen LogP contribution < -0.4 is 10.6 Å². The van der Waals surface area contributed by atoms with Crippen LogP contribution in [0.15, 0.2) is 24.3 Å². The van der Waals surface area contributed by atoms with Crippen LogP contribution in [0.25, 0.3) is 0 Å². The Morgan fingerprint density at radius 1 is 1.13 bits per heavy atom. The van der Waals surface area contributed by atoms with Gasteiger partial charge in [-0.25, -0.2) is 4.79 Å². The van der Waals surface area contributed by atoms with Gasteiger partial charge in [0, 0.05) is 19.5 Å². The van der Waals surface area contributed by atoms with Gasteiger partial charge in [-0.3, -0.25) is 4.79 Å². The van der Waals surface area contributed by atoms with E-state index in [0.29, 0.717) is 25.9 Å². The quantitative estimate of drug-likeness (QED) is 0.759. The molecule has 0 aliphatic heterocycles. The highest BCUT2D eigenvalue weighted by Crippen LogP contribution is 2.06. The molecular weight excluding hydrogens is 292 g/mol. The zero-order valence-electron chi connectivity index (χ0n) is 14.6. The number of hydrogen-bond donors (Lipinski definition) is 2. The molecule has 5 nitrogen and oxygen atoms in total. The minimum absolute atomic E-state index is 0.00337. The SMILES string of the molecule is Cc1cccc(CCNC(=O)CCCNC(=O)OC(C)(C)C)c1. The van der Waals surface area contributed by atoms with Gasteiger partial charge in [0.15, 0.2) is 0 Å². The average Bonchev–Trinajstić information content (AvgIpc) is 2.42. The zero-order valence-corrected chi connectivity index (χ0v) is 14.6. The summed E-state index contributed by atoms with van der Waals surface area (Å²) in [5.74, 6) is 0.00337. The third-order valence-corrected chi connectivity index (χ3v) is 3.07. The van der Waals surface area contributed by atoms with E-state index in [1.165, 1.54) is 11.1 Å². The summed E-state index contributed by atoms with van der Waals surface area (Å²) in [6.07, 6.45) is 1.36. The van der Waals surface area contributed by atoms with Crippen molar-refractivity contribution in [3.63, 3.8) is 0 Å². The molecule has 1 aromatic carbocycles. The van der Waals surface area contributed by atoms with Gasteiger partial charge in [-0.05, 0) is 46.1 Å². The predicted octanol–water partition coefficient (Wildman–Crippen LogP) is 2.96. The number of carbonyl (C=O) groups excluding carboxylic acids is 2. The average molecular weight is 320 g/mol. The van der Waals surface area contributed by atoms with Crippen LogP contribution in [-0.4, -0.2) is 30.7 Å². The maximum absolute atomic E-state index is 11.7. The lowest BCUT2D eigenvalue weighted by Gasteiger charge is -2.19. The number of rotatable bonds is 7. The summed E-state index contributed by atoms with van der Waals surface area (Å²) in [5, 5.41) is 5.54. The van der Waals surface area contributed by atoms with Gasteiger partial charge in [-0.2, -0.15) is 0 Å². The number of aryl methyl sites for hydroxylation is 1. The van der Waals surface area contributed by atoms with Gasteiger partial charge in [-0.1, -0.05) is 29.8 Å². The maximum atomic E-state index is 11.7. The molecular formula is C18H28N2O3. The zero-order chi connectivity index (χ0) is 17.3. The van der Waals surface area contributed by atoms with Crippen LogP contribution in [0.5, 0.6) is 0 Å². The van der Waals surface area contributed by atoms with Crippen LogP contribution in [-0.2, 0) is 16.0 Å². The Hall–Kier alpha value is -2.04. The molecule has 2 amide bonds. The van der Waals surface area contributed by atoms with Gasteiger partial charge >= 0.3 is 6.09 Å². The lowest BCUT2D eigenvalue weighted by molar-refractivity contribution is -0.121. The van der Waals surface area contributed by atoms with Crippen molar-refractivity contribution in [3.05, 3.63) is 35.4 Å². The van der Waals surface area contributed by atoms with E-state index in [0.717, 1.165) is 6.42 Å². The predicted molar refractivity (Wildman–Crippen MR) is 91.4 cm³/mol. The summed E-state index contributed by atoms with van der Waals surface area (Å²) in [5.41, 5.74) is 1.94. The summed E-state index contributed by atoms with van der Waals surface area (Å²) >= 11 is 0. The summed E-state index contributed by atoms with van der Waals surface area (Å²) in [7, 11) is 0. The van der Waals surface area contributed by atoms with Crippen molar-refractivity contribution in [2.45, 2.75) is 52.6 Å². The van der Waals surface area contributed by atoms with E-state index in [-0.39, 0.29) is 5.91 Å². The first-order valence-corrected chi connectivity index (χ1v) is 8.05. The topological polar surface area (TPSA) is 67.4 Å². The number of nitrogens with one attached hydrogen (secondary N) is 2. The molecule has 0 radical (unpaired) electrons. The monoisotopic (exact) mass is 320 g/mol. The van der Waals surface area contributed by atoms with Crippen LogP contribution in [0.3, 0.4) is 0 Å². The van der Waals surface area contributed by atoms with Crippen LogP contribution in [0.2, 0.25) is 0 Å². The second-order valence-corrected chi connectivity index (χ2v) is 6.62. The third-order valence-electron chi connectivity index (χ3n) is 3.07. The maximum Gasteiger partial charge on any atom is 0.407 e. The third kappa shape index (κ3) is 9.55. The highest BCUT2D eigenvalue weighted by molar-refractivity contribution is 5.76. The number of benzene rings is 1. The standard InChI is InChI=1S/C18H28N2O3/c1-14-7-5-8-15(13-14)10-12-19-16(21)9-6-11-20-17(22)23-18(2,3)4/h5,7-8,13H,6,9-12H2,1-4H3,(H,19,21)(H,20,22). The Bertz CT molecular complexity index is 521. The number of ether oxygens (including phenoxy) is 1. The molecule has 0 bridgehead atoms. The molecule has 2 N–H and O–H groups in total. The van der Waals surface area contributed by atoms with Gasteiger partial charge in [0.2, 0.25) is 5.91 Å². The Balaban J connectivity index is 2.10. The van der Waals surface area contributed by atoms with Crippen molar-refractivity contribution in [2.75, 3.05) is 13.1 Å². The van der Waals surface area contributed by atoms with Gasteiger partial charge in [0.05, 0.1) is 0 Å². The van der Waals surface area contributed by atoms with Gasteiger partial charge in [0.1, 0.15) is 5.60 Å². The lowest BCUT2D eigenvalue weighted by atomic mass is 10.1. The Morgan fingerprint density at radius 2 is 1.87 bits per heavy atom. The minimum Gasteiger partial charge on any atom is -0.444 e. The van der Waals surface area contributed by atoms with Crippen molar-refractivity contribution in [3.8, 4) is 0 Å². The molecule has 0 spiro atoms. The van der Waals surface area contributed by atoms with Gasteiger partial charge < -0.3 is 15.4 Å². The molecule has 0 aliphatic rings. The van der Waals surface area contributed by atoms with Gasteiger partial charge in [-0.15, -0.1) is 0 Å². The second kappa shape index (κ2) is 9.18. The molecule has 1 rings (SSSR count). The summed E-state index contributed by atoms with van der Waals surface area (Å²) in [6.45, 7) is 8.55. The van der Waals surface area contributed by atoms with Gasteiger partial charge in [0.25, 0.3) is 0 Å². The first-order valence-electron chi connectivity index (χ1n) is 8.05. The van der Waals surface area contributed by atoms with E-state index in [4.69, 9.17) is 4.74 Å². The summed E-state index contributed by atoms with van der Waals surface area (Å²) < 4.78 is 5.12. The molecule has 128 valence electrons. The van der Waals surface area contributed by atoms with E-state index in [2.05, 4.69) is 35.8 Å². The normalized spacial score (nSPS) is 11.0. The van der Waals surface area contributed by atoms with E-state index < -0.39 is 11.7 Å². The highest BCUT2D eigenvalue weighted by Gasteiger charge is 2.15. The number of amides is 2. The van der Waals surface area contributed by atoms with E-state index in [1.54, 1.807) is 0 Å². The van der Waals surface area contributed by atoms with Crippen molar-refractivity contribution < 1.29 is 14.3 Å². The molecule has 0 atom stereocenters. The highest BCUT2D eigenvalue weighted by atomic mass is 16.6. The Morgan fingerprint density at radius 3 is 2.52 bits per heavy atom. The molecule has 0 aliphatic carbocycles. The molecule has 0 unspecified atom stereocenters. The Kier molecular flexibility index (Phi) is 7.59. The summed E-state index contributed by atoms with van der Waals surface area (Å²) in [6, 6.07) is 8.26. The molecule has 0 saturated carbocycles. The van der Waals surface area contributed by atoms with Crippen LogP contribution in [0.4, 0.5) is 4.79 Å². The molecule has 1 aromatic rings. The van der Waals surface area contributed by atoms with Crippen molar-refractivity contribution in [1.82, 2.24) is 10.6 Å². The largest absolute Gasteiger partial charge is 0.444 e. The summed E-state index contributed by atoms with van der Waals surface area (Å²) in [4.78, 5) is 23.1. The Labute approximate surface area is 138 Å². The molecule has 0 fully saturated rings. The minimum atomic E-state index is -0.503. The second-order valence-electron chi connectivity index (χ2n) is 6.62. The first-order chi connectivity index (χ1) is 10.8. The molecule has 0 saturated heterocycles. The van der Waals surface area contributed by atoms with Crippen LogP contribution in [0.1, 0.15) is 44.7 Å². The smallest absolute Gasteiger partial charge is 0.407 e. The molecule has 0 aromatic heterocycles. The molecule has 23 heavy (non-hydrogen) atoms. The fraction of sp³-hybridized carbons (Fsp3) is 0.556. The van der Waals surface area contributed by atoms with E-state index in [1.807, 2.05) is 26.8 Å². The first kappa shape index (κ1) is 19.0. The van der Waals surface area contributed by atoms with Crippen LogP contribution in [0, 0.1) is 6.92 Å². The van der Waals surface area contributed by atoms with Crippen molar-refractivity contribution in [1.29, 1.82) is 0 Å². The lowest BCUT2D eigenvalue weighted by Crippen LogP contribution is -2.33. The fourth-order valence-corrected chi connectivity index (χ4v) is 2.06. The van der Waals surface area contributed by atoms with E-state index >= 15 is 0 Å². The van der Waals surface area contributed by atoms with E-state index in [9.17, 15) is 9.59 Å². The number of carbonyl (C=O) groups is 2.